The molecule has 0 aliphatic rings. The second-order valence-electron chi connectivity index (χ2n) is 9.94. The molecule has 0 saturated heterocycles. The van der Waals surface area contributed by atoms with E-state index in [2.05, 4.69) is 15.0 Å². The van der Waals surface area contributed by atoms with Crippen molar-refractivity contribution in [2.24, 2.45) is 0 Å². The number of para-hydroxylation sites is 2. The number of amides is 2. The molecule has 0 aliphatic heterocycles. The van der Waals surface area contributed by atoms with Crippen molar-refractivity contribution in [3.63, 3.8) is 0 Å². The van der Waals surface area contributed by atoms with E-state index in [0.29, 0.717) is 42.4 Å². The highest BCUT2D eigenvalue weighted by Gasteiger charge is 2.19. The average Bonchev–Trinajstić information content (AvgIpc) is 3.51. The van der Waals surface area contributed by atoms with E-state index >= 15 is 0 Å². The summed E-state index contributed by atoms with van der Waals surface area (Å²) in [5, 5.41) is 5.58. The lowest BCUT2D eigenvalue weighted by Gasteiger charge is -2.10. The number of carbonyl (C=O) groups excluding carboxylic acids is 2. The lowest BCUT2D eigenvalue weighted by atomic mass is 10.1. The topological polar surface area (TPSA) is 96.4 Å². The minimum atomic E-state index is -0.269. The summed E-state index contributed by atoms with van der Waals surface area (Å²) in [6.07, 6.45) is 1.42. The predicted octanol–water partition coefficient (Wildman–Crippen LogP) is 7.31. The fraction of sp³-hybridized carbons (Fsp3) is 0.250. The molecule has 2 amide bonds. The van der Waals surface area contributed by atoms with Crippen LogP contribution in [0.2, 0.25) is 5.02 Å². The third-order valence-electron chi connectivity index (χ3n) is 6.99. The SMILES string of the molecule is Cc1cc(OCCCc2c(C(=O)NSCCNC(=O)c3oc4ccccc4c3C)[nH]c3ccccc23)cc(C)c1Cl. The lowest BCUT2D eigenvalue weighted by Crippen LogP contribution is -2.27. The number of furan rings is 1. The molecule has 2 aromatic heterocycles. The van der Waals surface area contributed by atoms with Gasteiger partial charge < -0.3 is 19.5 Å². The van der Waals surface area contributed by atoms with Crippen LogP contribution in [-0.4, -0.2) is 35.7 Å². The van der Waals surface area contributed by atoms with Crippen molar-refractivity contribution >= 4 is 57.2 Å². The first-order chi connectivity index (χ1) is 19.8. The fourth-order valence-electron chi connectivity index (χ4n) is 4.94. The van der Waals surface area contributed by atoms with E-state index in [4.69, 9.17) is 20.8 Å². The maximum absolute atomic E-state index is 13.1. The first kappa shape index (κ1) is 28.6. The zero-order chi connectivity index (χ0) is 28.9. The van der Waals surface area contributed by atoms with E-state index in [1.54, 1.807) is 0 Å². The molecule has 0 aliphatic carbocycles. The Kier molecular flexibility index (Phi) is 8.90. The number of aryl methyl sites for hydroxylation is 4. The summed E-state index contributed by atoms with van der Waals surface area (Å²) in [7, 11) is 0. The van der Waals surface area contributed by atoms with Crippen molar-refractivity contribution in [2.75, 3.05) is 18.9 Å². The molecule has 0 fully saturated rings. The highest BCUT2D eigenvalue weighted by molar-refractivity contribution is 7.97. The van der Waals surface area contributed by atoms with Gasteiger partial charge in [-0.1, -0.05) is 48.0 Å². The van der Waals surface area contributed by atoms with E-state index in [1.165, 1.54) is 11.9 Å². The highest BCUT2D eigenvalue weighted by Crippen LogP contribution is 2.28. The summed E-state index contributed by atoms with van der Waals surface area (Å²) in [6, 6.07) is 19.4. The van der Waals surface area contributed by atoms with Gasteiger partial charge >= 0.3 is 0 Å². The van der Waals surface area contributed by atoms with E-state index < -0.39 is 0 Å². The molecular formula is C32H32ClN3O4S. The van der Waals surface area contributed by atoms with Crippen LogP contribution in [0.1, 0.15) is 49.7 Å². The number of hydrogen-bond donors (Lipinski definition) is 3. The van der Waals surface area contributed by atoms with Crippen LogP contribution in [0.15, 0.2) is 65.1 Å². The number of rotatable bonds is 11. The molecule has 0 unspecified atom stereocenters. The summed E-state index contributed by atoms with van der Waals surface area (Å²) in [5.41, 5.74) is 5.88. The summed E-state index contributed by atoms with van der Waals surface area (Å²) in [6.45, 7) is 6.69. The summed E-state index contributed by atoms with van der Waals surface area (Å²) in [4.78, 5) is 29.1. The Bertz CT molecular complexity index is 1700. The van der Waals surface area contributed by atoms with Gasteiger partial charge in [-0.15, -0.1) is 0 Å². The minimum Gasteiger partial charge on any atom is -0.494 e. The summed E-state index contributed by atoms with van der Waals surface area (Å²) >= 11 is 7.52. The van der Waals surface area contributed by atoms with Crippen LogP contribution in [0.5, 0.6) is 5.75 Å². The number of aromatic nitrogens is 1. The Morgan fingerprint density at radius 3 is 2.44 bits per heavy atom. The molecule has 41 heavy (non-hydrogen) atoms. The largest absolute Gasteiger partial charge is 0.494 e. The standard InChI is InChI=1S/C32H32ClN3O4S/c1-19-17-22(18-20(2)28(19)33)39-15-8-11-25-24-10-4-6-12-26(24)35-29(25)31(37)36-41-16-14-34-32(38)30-21(3)23-9-5-7-13-27(23)40-30/h4-7,9-10,12-13,17-18,35H,8,11,14-16H2,1-3H3,(H,34,38)(H,36,37). The second kappa shape index (κ2) is 12.7. The van der Waals surface area contributed by atoms with Gasteiger partial charge in [-0.25, -0.2) is 0 Å². The van der Waals surface area contributed by atoms with E-state index in [9.17, 15) is 9.59 Å². The van der Waals surface area contributed by atoms with Crippen molar-refractivity contribution in [3.05, 3.63) is 99.4 Å². The first-order valence-electron chi connectivity index (χ1n) is 13.5. The molecule has 2 heterocycles. The molecule has 0 spiro atoms. The molecule has 0 saturated carbocycles. The normalized spacial score (nSPS) is 11.2. The van der Waals surface area contributed by atoms with Gasteiger partial charge in [0.2, 0.25) is 0 Å². The van der Waals surface area contributed by atoms with Crippen LogP contribution in [0.4, 0.5) is 0 Å². The average molecular weight is 590 g/mol. The van der Waals surface area contributed by atoms with Crippen LogP contribution in [-0.2, 0) is 6.42 Å². The number of fused-ring (bicyclic) bond motifs is 2. The molecule has 9 heteroatoms. The fourth-order valence-corrected chi connectivity index (χ4v) is 5.58. The molecule has 0 atom stereocenters. The molecule has 0 bridgehead atoms. The maximum atomic E-state index is 13.1. The van der Waals surface area contributed by atoms with Crippen LogP contribution in [0.3, 0.4) is 0 Å². The van der Waals surface area contributed by atoms with Crippen molar-refractivity contribution < 1.29 is 18.7 Å². The first-order valence-corrected chi connectivity index (χ1v) is 14.9. The van der Waals surface area contributed by atoms with E-state index in [1.807, 2.05) is 81.4 Å². The van der Waals surface area contributed by atoms with Gasteiger partial charge in [-0.3, -0.25) is 14.3 Å². The number of nitrogens with one attached hydrogen (secondary N) is 3. The third kappa shape index (κ3) is 6.39. The van der Waals surface area contributed by atoms with Crippen LogP contribution in [0, 0.1) is 20.8 Å². The molecular weight excluding hydrogens is 558 g/mol. The predicted molar refractivity (Wildman–Crippen MR) is 166 cm³/mol. The van der Waals surface area contributed by atoms with E-state index in [-0.39, 0.29) is 11.8 Å². The highest BCUT2D eigenvalue weighted by atomic mass is 35.5. The number of hydrogen-bond acceptors (Lipinski definition) is 5. The monoisotopic (exact) mass is 589 g/mol. The smallest absolute Gasteiger partial charge is 0.287 e. The zero-order valence-corrected chi connectivity index (χ0v) is 24.8. The lowest BCUT2D eigenvalue weighted by molar-refractivity contribution is 0.0929. The second-order valence-corrected chi connectivity index (χ2v) is 11.2. The van der Waals surface area contributed by atoms with Gasteiger partial charge in [0.1, 0.15) is 17.0 Å². The van der Waals surface area contributed by atoms with Crippen molar-refractivity contribution in [1.29, 1.82) is 0 Å². The zero-order valence-electron chi connectivity index (χ0n) is 23.2. The van der Waals surface area contributed by atoms with Crippen molar-refractivity contribution in [2.45, 2.75) is 33.6 Å². The number of halogens is 1. The number of carbonyl (C=O) groups is 2. The minimum absolute atomic E-state index is 0.203. The van der Waals surface area contributed by atoms with Crippen LogP contribution in [0.25, 0.3) is 21.9 Å². The van der Waals surface area contributed by atoms with Crippen LogP contribution >= 0.6 is 23.5 Å². The Morgan fingerprint density at radius 2 is 1.68 bits per heavy atom. The molecule has 7 nitrogen and oxygen atoms in total. The quantitative estimate of drug-likeness (QED) is 0.111. The van der Waals surface area contributed by atoms with Gasteiger partial charge in [0, 0.05) is 39.2 Å². The van der Waals surface area contributed by atoms with Gasteiger partial charge in [0.25, 0.3) is 11.8 Å². The van der Waals surface area contributed by atoms with Gasteiger partial charge in [0.15, 0.2) is 5.76 Å². The Hall–Kier alpha value is -3.88. The number of ether oxygens (including phenoxy) is 1. The van der Waals surface area contributed by atoms with E-state index in [0.717, 1.165) is 55.7 Å². The number of aromatic amines is 1. The Balaban J connectivity index is 1.14. The van der Waals surface area contributed by atoms with Gasteiger partial charge in [0.05, 0.1) is 6.61 Å². The number of H-pyrrole nitrogens is 1. The maximum Gasteiger partial charge on any atom is 0.287 e. The molecule has 212 valence electrons. The molecule has 5 aromatic rings. The Morgan fingerprint density at radius 1 is 0.976 bits per heavy atom. The molecule has 3 aromatic carbocycles. The Labute approximate surface area is 248 Å². The van der Waals surface area contributed by atoms with Gasteiger partial charge in [-0.2, -0.15) is 0 Å². The van der Waals surface area contributed by atoms with Crippen molar-refractivity contribution in [1.82, 2.24) is 15.0 Å². The third-order valence-corrected chi connectivity index (χ3v) is 8.33. The molecule has 3 N–H and O–H groups in total. The van der Waals surface area contributed by atoms with Crippen molar-refractivity contribution in [3.8, 4) is 5.75 Å². The molecule has 5 rings (SSSR count). The van der Waals surface area contributed by atoms with Gasteiger partial charge in [-0.05, 0) is 86.5 Å². The summed E-state index contributed by atoms with van der Waals surface area (Å²) < 4.78 is 14.6. The van der Waals surface area contributed by atoms with Crippen LogP contribution < -0.4 is 14.8 Å². The number of benzene rings is 3. The molecule has 0 radical (unpaired) electrons. The summed E-state index contributed by atoms with van der Waals surface area (Å²) in [5.74, 6) is 1.13.